The SMILES string of the molecule is Oc1cc[c]c2ccc3ccccc3c12. The Hall–Kier alpha value is -2.02. The van der Waals surface area contributed by atoms with Crippen LogP contribution in [0.3, 0.4) is 0 Å². The maximum atomic E-state index is 9.85. The van der Waals surface area contributed by atoms with E-state index in [1.807, 2.05) is 36.4 Å². The van der Waals surface area contributed by atoms with Crippen LogP contribution < -0.4 is 0 Å². The van der Waals surface area contributed by atoms with E-state index in [1.165, 1.54) is 0 Å². The monoisotopic (exact) mass is 193 g/mol. The molecule has 0 aliphatic carbocycles. The molecule has 0 unspecified atom stereocenters. The van der Waals surface area contributed by atoms with Crippen molar-refractivity contribution in [2.45, 2.75) is 0 Å². The fourth-order valence-electron chi connectivity index (χ4n) is 1.96. The Bertz CT molecular complexity index is 641. The molecule has 0 bridgehead atoms. The molecule has 3 aromatic carbocycles. The van der Waals surface area contributed by atoms with Gasteiger partial charge in [-0.25, -0.2) is 0 Å². The highest BCUT2D eigenvalue weighted by molar-refractivity contribution is 6.10. The zero-order valence-electron chi connectivity index (χ0n) is 8.07. The molecule has 71 valence electrons. The average molecular weight is 193 g/mol. The van der Waals surface area contributed by atoms with Gasteiger partial charge in [-0.15, -0.1) is 0 Å². The molecule has 0 aromatic heterocycles. The Morgan fingerprint density at radius 1 is 0.933 bits per heavy atom. The van der Waals surface area contributed by atoms with E-state index in [0.717, 1.165) is 21.5 Å². The smallest absolute Gasteiger partial charge is 0.124 e. The van der Waals surface area contributed by atoms with Crippen LogP contribution >= 0.6 is 0 Å². The molecule has 0 heterocycles. The van der Waals surface area contributed by atoms with E-state index in [-0.39, 0.29) is 0 Å². The molecule has 0 amide bonds. The lowest BCUT2D eigenvalue weighted by atomic mass is 10.0. The minimum atomic E-state index is 0.320. The molecular weight excluding hydrogens is 184 g/mol. The van der Waals surface area contributed by atoms with Crippen LogP contribution in [-0.4, -0.2) is 5.11 Å². The summed E-state index contributed by atoms with van der Waals surface area (Å²) in [7, 11) is 0. The predicted molar refractivity (Wildman–Crippen MR) is 62.0 cm³/mol. The third kappa shape index (κ3) is 1.17. The lowest BCUT2D eigenvalue weighted by Crippen LogP contribution is -1.78. The molecule has 0 fully saturated rings. The first-order valence-electron chi connectivity index (χ1n) is 4.87. The number of fused-ring (bicyclic) bond motifs is 3. The van der Waals surface area contributed by atoms with Gasteiger partial charge < -0.3 is 5.11 Å². The maximum Gasteiger partial charge on any atom is 0.124 e. The van der Waals surface area contributed by atoms with Gasteiger partial charge in [0.2, 0.25) is 0 Å². The van der Waals surface area contributed by atoms with E-state index >= 15 is 0 Å². The number of hydrogen-bond acceptors (Lipinski definition) is 1. The van der Waals surface area contributed by atoms with E-state index < -0.39 is 0 Å². The number of hydrogen-bond donors (Lipinski definition) is 1. The van der Waals surface area contributed by atoms with Crippen molar-refractivity contribution < 1.29 is 5.11 Å². The quantitative estimate of drug-likeness (QED) is 0.542. The summed E-state index contributed by atoms with van der Waals surface area (Å²) in [6.45, 7) is 0. The van der Waals surface area contributed by atoms with Crippen LogP contribution in [0.5, 0.6) is 5.75 Å². The first-order valence-corrected chi connectivity index (χ1v) is 4.87. The second-order valence-electron chi connectivity index (χ2n) is 3.57. The third-order valence-electron chi connectivity index (χ3n) is 2.67. The Labute approximate surface area is 87.6 Å². The molecule has 3 rings (SSSR count). The molecular formula is C14H9O. The average Bonchev–Trinajstić information content (AvgIpc) is 2.29. The second-order valence-corrected chi connectivity index (χ2v) is 3.57. The first-order chi connectivity index (χ1) is 7.36. The summed E-state index contributed by atoms with van der Waals surface area (Å²) >= 11 is 0. The van der Waals surface area contributed by atoms with E-state index in [9.17, 15) is 5.11 Å². The number of phenols is 1. The molecule has 0 atom stereocenters. The van der Waals surface area contributed by atoms with Gasteiger partial charge in [0.25, 0.3) is 0 Å². The van der Waals surface area contributed by atoms with Gasteiger partial charge in [0.1, 0.15) is 5.75 Å². The number of rotatable bonds is 0. The second kappa shape index (κ2) is 2.99. The van der Waals surface area contributed by atoms with Crippen LogP contribution in [0, 0.1) is 6.07 Å². The van der Waals surface area contributed by atoms with E-state index in [4.69, 9.17) is 0 Å². The van der Waals surface area contributed by atoms with Crippen LogP contribution in [0.15, 0.2) is 48.5 Å². The molecule has 1 radical (unpaired) electrons. The molecule has 0 saturated carbocycles. The van der Waals surface area contributed by atoms with Crippen molar-refractivity contribution in [1.82, 2.24) is 0 Å². The molecule has 0 spiro atoms. The fourth-order valence-corrected chi connectivity index (χ4v) is 1.96. The molecule has 0 aliphatic heterocycles. The zero-order valence-corrected chi connectivity index (χ0v) is 8.07. The Balaban J connectivity index is 2.64. The highest BCUT2D eigenvalue weighted by atomic mass is 16.3. The van der Waals surface area contributed by atoms with Crippen LogP contribution in [-0.2, 0) is 0 Å². The van der Waals surface area contributed by atoms with E-state index in [1.54, 1.807) is 12.1 Å². The summed E-state index contributed by atoms with van der Waals surface area (Å²) in [5, 5.41) is 13.9. The lowest BCUT2D eigenvalue weighted by Gasteiger charge is -2.04. The standard InChI is InChI=1S/C14H9O/c15-13-7-3-5-11-9-8-10-4-1-2-6-12(10)14(11)13/h1-4,6-9,15H. The van der Waals surface area contributed by atoms with Crippen molar-refractivity contribution in [3.05, 3.63) is 54.6 Å². The van der Waals surface area contributed by atoms with Gasteiger partial charge in [0.05, 0.1) is 0 Å². The fraction of sp³-hybridized carbons (Fsp3) is 0. The topological polar surface area (TPSA) is 20.2 Å². The lowest BCUT2D eigenvalue weighted by molar-refractivity contribution is 0.482. The van der Waals surface area contributed by atoms with Gasteiger partial charge in [-0.1, -0.05) is 42.5 Å². The first kappa shape index (κ1) is 8.30. The van der Waals surface area contributed by atoms with Crippen LogP contribution in [0.4, 0.5) is 0 Å². The molecule has 15 heavy (non-hydrogen) atoms. The summed E-state index contributed by atoms with van der Waals surface area (Å²) in [6, 6.07) is 18.6. The van der Waals surface area contributed by atoms with E-state index in [2.05, 4.69) is 6.07 Å². The van der Waals surface area contributed by atoms with Crippen LogP contribution in [0.1, 0.15) is 0 Å². The minimum Gasteiger partial charge on any atom is -0.507 e. The Kier molecular flexibility index (Phi) is 1.65. The molecule has 1 N–H and O–H groups in total. The van der Waals surface area contributed by atoms with Gasteiger partial charge in [-0.2, -0.15) is 0 Å². The minimum absolute atomic E-state index is 0.320. The highest BCUT2D eigenvalue weighted by Gasteiger charge is 2.03. The summed E-state index contributed by atoms with van der Waals surface area (Å²) in [5.41, 5.74) is 0. The number of phenolic OH excluding ortho intramolecular Hbond substituents is 1. The van der Waals surface area contributed by atoms with Gasteiger partial charge in [0.15, 0.2) is 0 Å². The molecule has 0 aliphatic rings. The van der Waals surface area contributed by atoms with E-state index in [0.29, 0.717) is 5.75 Å². The summed E-state index contributed by atoms with van der Waals surface area (Å²) in [6.07, 6.45) is 0. The normalized spacial score (nSPS) is 10.9. The van der Waals surface area contributed by atoms with Crippen molar-refractivity contribution >= 4 is 21.5 Å². The third-order valence-corrected chi connectivity index (χ3v) is 2.67. The van der Waals surface area contributed by atoms with Crippen LogP contribution in [0.25, 0.3) is 21.5 Å². The molecule has 3 aromatic rings. The van der Waals surface area contributed by atoms with Crippen molar-refractivity contribution in [3.63, 3.8) is 0 Å². The Morgan fingerprint density at radius 3 is 2.73 bits per heavy atom. The summed E-state index contributed by atoms with van der Waals surface area (Å²) in [5.74, 6) is 0.320. The largest absolute Gasteiger partial charge is 0.507 e. The maximum absolute atomic E-state index is 9.85. The molecule has 1 nitrogen and oxygen atoms in total. The number of benzene rings is 3. The zero-order chi connectivity index (χ0) is 10.3. The molecule has 0 saturated heterocycles. The Morgan fingerprint density at radius 2 is 1.80 bits per heavy atom. The van der Waals surface area contributed by atoms with Gasteiger partial charge in [0, 0.05) is 5.39 Å². The van der Waals surface area contributed by atoms with Gasteiger partial charge >= 0.3 is 0 Å². The van der Waals surface area contributed by atoms with Crippen LogP contribution in [0.2, 0.25) is 0 Å². The van der Waals surface area contributed by atoms with Crippen molar-refractivity contribution in [1.29, 1.82) is 0 Å². The van der Waals surface area contributed by atoms with Crippen molar-refractivity contribution in [2.75, 3.05) is 0 Å². The van der Waals surface area contributed by atoms with Gasteiger partial charge in [-0.3, -0.25) is 0 Å². The summed E-state index contributed by atoms with van der Waals surface area (Å²) < 4.78 is 0. The predicted octanol–water partition coefficient (Wildman–Crippen LogP) is 3.50. The summed E-state index contributed by atoms with van der Waals surface area (Å²) in [4.78, 5) is 0. The molecule has 1 heteroatoms. The van der Waals surface area contributed by atoms with Gasteiger partial charge in [-0.05, 0) is 28.3 Å². The van der Waals surface area contributed by atoms with Crippen molar-refractivity contribution in [2.24, 2.45) is 0 Å². The van der Waals surface area contributed by atoms with Crippen molar-refractivity contribution in [3.8, 4) is 5.75 Å². The highest BCUT2D eigenvalue weighted by Crippen LogP contribution is 2.31. The number of aromatic hydroxyl groups is 1.